The third-order valence-electron chi connectivity index (χ3n) is 5.41. The Bertz CT molecular complexity index is 989. The van der Waals surface area contributed by atoms with Crippen LogP contribution >= 0.6 is 0 Å². The van der Waals surface area contributed by atoms with Crippen LogP contribution in [0.5, 0.6) is 0 Å². The molecule has 0 amide bonds. The van der Waals surface area contributed by atoms with Crippen molar-refractivity contribution in [1.29, 1.82) is 5.26 Å². The van der Waals surface area contributed by atoms with Crippen LogP contribution in [-0.4, -0.2) is 26.3 Å². The molecule has 140 valence electrons. The predicted molar refractivity (Wildman–Crippen MR) is 106 cm³/mol. The van der Waals surface area contributed by atoms with Gasteiger partial charge >= 0.3 is 0 Å². The highest BCUT2D eigenvalue weighted by atomic mass is 16.3. The molecule has 1 unspecified atom stereocenters. The van der Waals surface area contributed by atoms with Gasteiger partial charge in [0, 0.05) is 29.6 Å². The average molecular weight is 372 g/mol. The molecule has 1 atom stereocenters. The van der Waals surface area contributed by atoms with E-state index >= 15 is 0 Å². The Balaban J connectivity index is 1.55. The number of nitriles is 1. The summed E-state index contributed by atoms with van der Waals surface area (Å²) in [6, 6.07) is 13.5. The van der Waals surface area contributed by atoms with Crippen LogP contribution in [0.1, 0.15) is 30.4 Å². The molecule has 0 radical (unpaired) electrons. The van der Waals surface area contributed by atoms with Crippen molar-refractivity contribution in [2.75, 3.05) is 11.1 Å². The highest BCUT2D eigenvalue weighted by molar-refractivity contribution is 5.62. The summed E-state index contributed by atoms with van der Waals surface area (Å²) >= 11 is 0. The molecule has 7 heteroatoms. The number of pyridine rings is 1. The van der Waals surface area contributed by atoms with Gasteiger partial charge in [-0.25, -0.2) is 15.0 Å². The zero-order valence-electron chi connectivity index (χ0n) is 15.2. The van der Waals surface area contributed by atoms with Crippen LogP contribution in [-0.2, 0) is 5.41 Å². The van der Waals surface area contributed by atoms with E-state index in [4.69, 9.17) is 11.0 Å². The third-order valence-corrected chi connectivity index (χ3v) is 5.41. The standard InChI is InChI=1S/C21H20N6O/c22-10-14-2-7-18(24-11-14)27-19(28)21(8-1-9-21)17-5-3-15(4-6-17)16-12-25-20(23)26-13-16/h2-7,11-13,19,28H,1,8-9H2,(H,24,27)(H2,23,25,26). The number of aliphatic hydroxyl groups excluding tert-OH is 1. The van der Waals surface area contributed by atoms with Gasteiger partial charge < -0.3 is 16.2 Å². The summed E-state index contributed by atoms with van der Waals surface area (Å²) in [6.07, 6.45) is 6.96. The van der Waals surface area contributed by atoms with Crippen LogP contribution in [0.3, 0.4) is 0 Å². The van der Waals surface area contributed by atoms with Crippen molar-refractivity contribution in [3.8, 4) is 17.2 Å². The van der Waals surface area contributed by atoms with Crippen molar-refractivity contribution in [1.82, 2.24) is 15.0 Å². The van der Waals surface area contributed by atoms with Crippen LogP contribution < -0.4 is 11.1 Å². The molecule has 4 N–H and O–H groups in total. The average Bonchev–Trinajstić information content (AvgIpc) is 2.69. The minimum atomic E-state index is -0.771. The summed E-state index contributed by atoms with van der Waals surface area (Å²) in [5.41, 5.74) is 8.64. The maximum Gasteiger partial charge on any atom is 0.219 e. The van der Waals surface area contributed by atoms with Crippen LogP contribution in [0.2, 0.25) is 0 Å². The van der Waals surface area contributed by atoms with Gasteiger partial charge in [-0.2, -0.15) is 5.26 Å². The Labute approximate surface area is 162 Å². The summed E-state index contributed by atoms with van der Waals surface area (Å²) < 4.78 is 0. The van der Waals surface area contributed by atoms with Gasteiger partial charge in [-0.15, -0.1) is 0 Å². The van der Waals surface area contributed by atoms with Crippen LogP contribution in [0.25, 0.3) is 11.1 Å². The van der Waals surface area contributed by atoms with E-state index in [9.17, 15) is 5.11 Å². The van der Waals surface area contributed by atoms with E-state index in [2.05, 4.69) is 20.3 Å². The molecular weight excluding hydrogens is 352 g/mol. The molecule has 1 aromatic carbocycles. The Morgan fingerprint density at radius 3 is 2.25 bits per heavy atom. The van der Waals surface area contributed by atoms with E-state index in [1.807, 2.05) is 30.3 Å². The number of aromatic nitrogens is 3. The van der Waals surface area contributed by atoms with Crippen molar-refractivity contribution in [3.05, 3.63) is 66.1 Å². The fourth-order valence-electron chi connectivity index (χ4n) is 3.58. The van der Waals surface area contributed by atoms with Crippen LogP contribution in [0.15, 0.2) is 55.0 Å². The number of benzene rings is 1. The minimum absolute atomic E-state index is 0.249. The Hall–Kier alpha value is -3.50. The maximum absolute atomic E-state index is 10.9. The summed E-state index contributed by atoms with van der Waals surface area (Å²) in [7, 11) is 0. The van der Waals surface area contributed by atoms with Crippen molar-refractivity contribution in [2.45, 2.75) is 30.9 Å². The SMILES string of the molecule is N#Cc1ccc(NC(O)C2(c3ccc(-c4cnc(N)nc4)cc3)CCC2)nc1. The van der Waals surface area contributed by atoms with Gasteiger partial charge in [0.25, 0.3) is 0 Å². The quantitative estimate of drug-likeness (QED) is 0.589. The van der Waals surface area contributed by atoms with E-state index < -0.39 is 6.23 Å². The molecule has 4 rings (SSSR count). The molecular formula is C21H20N6O. The molecule has 0 bridgehead atoms. The number of rotatable bonds is 5. The Morgan fingerprint density at radius 2 is 1.71 bits per heavy atom. The minimum Gasteiger partial charge on any atom is -0.373 e. The normalized spacial score (nSPS) is 15.9. The first kappa shape index (κ1) is 17.9. The zero-order valence-corrected chi connectivity index (χ0v) is 15.2. The zero-order chi connectivity index (χ0) is 19.6. The first-order valence-electron chi connectivity index (χ1n) is 9.10. The Morgan fingerprint density at radius 1 is 1.00 bits per heavy atom. The van der Waals surface area contributed by atoms with Crippen molar-refractivity contribution in [3.63, 3.8) is 0 Å². The summed E-state index contributed by atoms with van der Waals surface area (Å²) in [5, 5.41) is 22.9. The second kappa shape index (κ2) is 7.25. The van der Waals surface area contributed by atoms with Crippen LogP contribution in [0, 0.1) is 11.3 Å². The van der Waals surface area contributed by atoms with Crippen molar-refractivity contribution in [2.24, 2.45) is 0 Å². The van der Waals surface area contributed by atoms with E-state index in [0.717, 1.165) is 36.0 Å². The largest absolute Gasteiger partial charge is 0.373 e. The fourth-order valence-corrected chi connectivity index (χ4v) is 3.58. The number of nitrogen functional groups attached to an aromatic ring is 1. The number of nitrogens with zero attached hydrogens (tertiary/aromatic N) is 4. The van der Waals surface area contributed by atoms with Gasteiger partial charge in [-0.3, -0.25) is 0 Å². The second-order valence-corrected chi connectivity index (χ2v) is 7.01. The highest BCUT2D eigenvalue weighted by Crippen LogP contribution is 2.46. The number of hydrogen-bond acceptors (Lipinski definition) is 7. The summed E-state index contributed by atoms with van der Waals surface area (Å²) in [5.74, 6) is 0.799. The molecule has 0 aliphatic heterocycles. The number of anilines is 2. The monoisotopic (exact) mass is 372 g/mol. The molecule has 2 heterocycles. The molecule has 28 heavy (non-hydrogen) atoms. The smallest absolute Gasteiger partial charge is 0.219 e. The number of nitrogens with two attached hydrogens (primary N) is 1. The molecule has 0 spiro atoms. The predicted octanol–water partition coefficient (Wildman–Crippen LogP) is 2.84. The lowest BCUT2D eigenvalue weighted by atomic mass is 9.63. The van der Waals surface area contributed by atoms with Crippen LogP contribution in [0.4, 0.5) is 11.8 Å². The lowest BCUT2D eigenvalue weighted by Crippen LogP contribution is -2.49. The van der Waals surface area contributed by atoms with Gasteiger partial charge in [0.1, 0.15) is 18.1 Å². The molecule has 0 saturated heterocycles. The molecule has 1 aliphatic carbocycles. The van der Waals surface area contributed by atoms with E-state index in [1.54, 1.807) is 24.5 Å². The second-order valence-electron chi connectivity index (χ2n) is 7.01. The molecule has 7 nitrogen and oxygen atoms in total. The van der Waals surface area contributed by atoms with Gasteiger partial charge in [0.05, 0.1) is 5.56 Å². The lowest BCUT2D eigenvalue weighted by Gasteiger charge is -2.46. The molecule has 1 aliphatic rings. The fraction of sp³-hybridized carbons (Fsp3) is 0.238. The number of nitrogens with one attached hydrogen (secondary N) is 1. The Kier molecular flexibility index (Phi) is 4.63. The number of hydrogen-bond donors (Lipinski definition) is 3. The number of aliphatic hydroxyl groups is 1. The summed E-state index contributed by atoms with van der Waals surface area (Å²) in [6.45, 7) is 0. The van der Waals surface area contributed by atoms with Gasteiger partial charge in [0.2, 0.25) is 5.95 Å². The van der Waals surface area contributed by atoms with Gasteiger partial charge in [-0.05, 0) is 36.1 Å². The molecule has 3 aromatic rings. The first-order valence-corrected chi connectivity index (χ1v) is 9.10. The van der Waals surface area contributed by atoms with Gasteiger partial charge in [0.15, 0.2) is 0 Å². The van der Waals surface area contributed by atoms with E-state index in [-0.39, 0.29) is 11.4 Å². The molecule has 1 fully saturated rings. The highest BCUT2D eigenvalue weighted by Gasteiger charge is 2.45. The van der Waals surface area contributed by atoms with Crippen molar-refractivity contribution >= 4 is 11.8 Å². The summed E-state index contributed by atoms with van der Waals surface area (Å²) in [4.78, 5) is 12.3. The maximum atomic E-state index is 10.9. The van der Waals surface area contributed by atoms with Gasteiger partial charge in [-0.1, -0.05) is 30.7 Å². The van der Waals surface area contributed by atoms with E-state index in [1.165, 1.54) is 6.20 Å². The third kappa shape index (κ3) is 3.26. The van der Waals surface area contributed by atoms with Crippen molar-refractivity contribution < 1.29 is 5.11 Å². The topological polar surface area (TPSA) is 121 Å². The molecule has 2 aromatic heterocycles. The first-order chi connectivity index (χ1) is 13.6. The lowest BCUT2D eigenvalue weighted by molar-refractivity contribution is 0.0484. The molecule has 1 saturated carbocycles. The van der Waals surface area contributed by atoms with E-state index in [0.29, 0.717) is 11.4 Å².